The Morgan fingerprint density at radius 1 is 1.26 bits per heavy atom. The molecule has 0 amide bonds. The fourth-order valence-electron chi connectivity index (χ4n) is 1.44. The van der Waals surface area contributed by atoms with E-state index in [1.165, 1.54) is 24.7 Å². The molecule has 0 fully saturated rings. The zero-order valence-electron chi connectivity index (χ0n) is 9.50. The Bertz CT molecular complexity index is 540. The largest absolute Gasteiger partial charge is 0.573 e. The molecule has 102 valence electrons. The van der Waals surface area contributed by atoms with Gasteiger partial charge in [0.2, 0.25) is 0 Å². The standard InChI is InChI=1S/C12H9BrF3NO2/c13-9-1-2-10(11(5-9)19-12(14,15)16)17-6-8-3-4-18-7-8/h1-5,7,17H,6H2. The summed E-state index contributed by atoms with van der Waals surface area (Å²) in [7, 11) is 0. The number of halogens is 4. The molecule has 0 spiro atoms. The van der Waals surface area contributed by atoms with E-state index in [1.54, 1.807) is 12.1 Å². The molecule has 7 heteroatoms. The molecule has 0 saturated heterocycles. The summed E-state index contributed by atoms with van der Waals surface area (Å²) in [6.45, 7) is 0.340. The molecule has 0 atom stereocenters. The molecule has 1 aromatic heterocycles. The normalized spacial score (nSPS) is 11.4. The minimum Gasteiger partial charge on any atom is -0.472 e. The molecule has 1 aromatic carbocycles. The van der Waals surface area contributed by atoms with Crippen LogP contribution in [0.25, 0.3) is 0 Å². The van der Waals surface area contributed by atoms with Gasteiger partial charge < -0.3 is 14.5 Å². The molecule has 2 aromatic rings. The number of anilines is 1. The van der Waals surface area contributed by atoms with Crippen LogP contribution in [0.4, 0.5) is 18.9 Å². The van der Waals surface area contributed by atoms with Crippen LogP contribution in [0.5, 0.6) is 5.75 Å². The molecule has 0 aliphatic heterocycles. The lowest BCUT2D eigenvalue weighted by atomic mass is 10.2. The van der Waals surface area contributed by atoms with E-state index in [1.807, 2.05) is 0 Å². The second kappa shape index (κ2) is 5.56. The molecule has 1 heterocycles. The molecule has 3 nitrogen and oxygen atoms in total. The highest BCUT2D eigenvalue weighted by Gasteiger charge is 2.32. The van der Waals surface area contributed by atoms with Gasteiger partial charge in [-0.3, -0.25) is 0 Å². The summed E-state index contributed by atoms with van der Waals surface area (Å²) in [4.78, 5) is 0. The lowest BCUT2D eigenvalue weighted by Crippen LogP contribution is -2.18. The number of nitrogens with one attached hydrogen (secondary N) is 1. The van der Waals surface area contributed by atoms with Crippen molar-refractivity contribution in [3.05, 3.63) is 46.8 Å². The van der Waals surface area contributed by atoms with E-state index in [4.69, 9.17) is 4.42 Å². The second-order valence-corrected chi connectivity index (χ2v) is 4.59. The molecule has 2 rings (SSSR count). The summed E-state index contributed by atoms with van der Waals surface area (Å²) >= 11 is 3.10. The number of hydrogen-bond acceptors (Lipinski definition) is 3. The van der Waals surface area contributed by atoms with Gasteiger partial charge in [0.25, 0.3) is 0 Å². The van der Waals surface area contributed by atoms with Crippen LogP contribution >= 0.6 is 15.9 Å². The van der Waals surface area contributed by atoms with E-state index < -0.39 is 6.36 Å². The third kappa shape index (κ3) is 4.20. The van der Waals surface area contributed by atoms with Gasteiger partial charge in [0, 0.05) is 16.6 Å². The van der Waals surface area contributed by atoms with Crippen molar-refractivity contribution in [2.24, 2.45) is 0 Å². The van der Waals surface area contributed by atoms with Gasteiger partial charge >= 0.3 is 6.36 Å². The van der Waals surface area contributed by atoms with Crippen molar-refractivity contribution in [3.8, 4) is 5.75 Å². The van der Waals surface area contributed by atoms with Crippen molar-refractivity contribution in [1.29, 1.82) is 0 Å². The summed E-state index contributed by atoms with van der Waals surface area (Å²) < 4.78 is 46.2. The summed E-state index contributed by atoms with van der Waals surface area (Å²) in [5.41, 5.74) is 1.07. The first-order valence-corrected chi connectivity index (χ1v) is 6.03. The van der Waals surface area contributed by atoms with Crippen molar-refractivity contribution in [3.63, 3.8) is 0 Å². The molecule has 0 bridgehead atoms. The lowest BCUT2D eigenvalue weighted by molar-refractivity contribution is -0.274. The van der Waals surface area contributed by atoms with E-state index in [0.717, 1.165) is 5.56 Å². The van der Waals surface area contributed by atoms with Gasteiger partial charge in [-0.25, -0.2) is 0 Å². The average Bonchev–Trinajstić information content (AvgIpc) is 2.78. The minimum absolute atomic E-state index is 0.252. The number of furan rings is 1. The third-order valence-electron chi connectivity index (χ3n) is 2.23. The predicted octanol–water partition coefficient (Wildman–Crippen LogP) is 4.55. The van der Waals surface area contributed by atoms with Crippen LogP contribution < -0.4 is 10.1 Å². The van der Waals surface area contributed by atoms with Crippen LogP contribution in [0, 0.1) is 0 Å². The highest BCUT2D eigenvalue weighted by Crippen LogP contribution is 2.33. The molecular formula is C12H9BrF3NO2. The fraction of sp³-hybridized carbons (Fsp3) is 0.167. The van der Waals surface area contributed by atoms with Crippen LogP contribution in [0.2, 0.25) is 0 Å². The van der Waals surface area contributed by atoms with Gasteiger partial charge in [0.05, 0.1) is 18.2 Å². The van der Waals surface area contributed by atoms with E-state index in [9.17, 15) is 13.2 Å². The molecule has 19 heavy (non-hydrogen) atoms. The first kappa shape index (κ1) is 13.8. The first-order valence-electron chi connectivity index (χ1n) is 5.24. The number of ether oxygens (including phenoxy) is 1. The maximum Gasteiger partial charge on any atom is 0.573 e. The number of hydrogen-bond donors (Lipinski definition) is 1. The number of rotatable bonds is 4. The van der Waals surface area contributed by atoms with E-state index in [0.29, 0.717) is 11.0 Å². The zero-order chi connectivity index (χ0) is 13.9. The smallest absolute Gasteiger partial charge is 0.472 e. The van der Waals surface area contributed by atoms with Crippen molar-refractivity contribution in [2.45, 2.75) is 12.9 Å². The Morgan fingerprint density at radius 2 is 2.05 bits per heavy atom. The van der Waals surface area contributed by atoms with Gasteiger partial charge in [-0.15, -0.1) is 13.2 Å². The predicted molar refractivity (Wildman–Crippen MR) is 66.9 cm³/mol. The Morgan fingerprint density at radius 3 is 2.68 bits per heavy atom. The topological polar surface area (TPSA) is 34.4 Å². The van der Waals surface area contributed by atoms with Crippen LogP contribution in [0.15, 0.2) is 45.7 Å². The van der Waals surface area contributed by atoms with Gasteiger partial charge in [-0.05, 0) is 24.3 Å². The van der Waals surface area contributed by atoms with Gasteiger partial charge in [-0.1, -0.05) is 15.9 Å². The summed E-state index contributed by atoms with van der Waals surface area (Å²) in [6.07, 6.45) is -1.73. The SMILES string of the molecule is FC(F)(F)Oc1cc(Br)ccc1NCc1ccoc1. The van der Waals surface area contributed by atoms with Gasteiger partial charge in [-0.2, -0.15) is 0 Å². The van der Waals surface area contributed by atoms with E-state index in [-0.39, 0.29) is 11.4 Å². The molecular weight excluding hydrogens is 327 g/mol. The molecule has 0 unspecified atom stereocenters. The summed E-state index contributed by atoms with van der Waals surface area (Å²) in [5.74, 6) is -0.287. The molecule has 0 aliphatic rings. The fourth-order valence-corrected chi connectivity index (χ4v) is 1.78. The maximum atomic E-state index is 12.3. The van der Waals surface area contributed by atoms with Crippen LogP contribution in [0.1, 0.15) is 5.56 Å². The Balaban J connectivity index is 2.14. The van der Waals surface area contributed by atoms with E-state index >= 15 is 0 Å². The Kier molecular flexibility index (Phi) is 4.04. The van der Waals surface area contributed by atoms with Crippen LogP contribution in [-0.2, 0) is 6.54 Å². The Hall–Kier alpha value is -1.63. The second-order valence-electron chi connectivity index (χ2n) is 3.67. The molecule has 0 radical (unpaired) electrons. The minimum atomic E-state index is -4.73. The number of benzene rings is 1. The zero-order valence-corrected chi connectivity index (χ0v) is 11.1. The monoisotopic (exact) mass is 335 g/mol. The van der Waals surface area contributed by atoms with Crippen molar-refractivity contribution >= 4 is 21.6 Å². The molecule has 1 N–H and O–H groups in total. The van der Waals surface area contributed by atoms with Crippen molar-refractivity contribution < 1.29 is 22.3 Å². The summed E-state index contributed by atoms with van der Waals surface area (Å²) in [5, 5.41) is 2.86. The quantitative estimate of drug-likeness (QED) is 0.889. The van der Waals surface area contributed by atoms with Crippen LogP contribution in [0.3, 0.4) is 0 Å². The van der Waals surface area contributed by atoms with Crippen molar-refractivity contribution in [2.75, 3.05) is 5.32 Å². The average molecular weight is 336 g/mol. The summed E-state index contributed by atoms with van der Waals surface area (Å²) in [6, 6.07) is 6.10. The van der Waals surface area contributed by atoms with Crippen LogP contribution in [-0.4, -0.2) is 6.36 Å². The van der Waals surface area contributed by atoms with Gasteiger partial charge in [0.1, 0.15) is 0 Å². The third-order valence-corrected chi connectivity index (χ3v) is 2.73. The first-order chi connectivity index (χ1) is 8.94. The molecule has 0 aliphatic carbocycles. The van der Waals surface area contributed by atoms with Gasteiger partial charge in [0.15, 0.2) is 5.75 Å². The van der Waals surface area contributed by atoms with Crippen molar-refractivity contribution in [1.82, 2.24) is 0 Å². The lowest BCUT2D eigenvalue weighted by Gasteiger charge is -2.14. The van der Waals surface area contributed by atoms with E-state index in [2.05, 4.69) is 26.0 Å². The number of alkyl halides is 3. The Labute approximate surface area is 115 Å². The highest BCUT2D eigenvalue weighted by molar-refractivity contribution is 9.10. The molecule has 0 saturated carbocycles. The highest BCUT2D eigenvalue weighted by atomic mass is 79.9. The maximum absolute atomic E-state index is 12.3.